The second-order valence-corrected chi connectivity index (χ2v) is 7.34. The van der Waals surface area contributed by atoms with E-state index in [1.54, 1.807) is 0 Å². The molecule has 0 N–H and O–H groups in total. The van der Waals surface area contributed by atoms with Crippen LogP contribution in [0.2, 0.25) is 0 Å². The van der Waals surface area contributed by atoms with Gasteiger partial charge in [-0.3, -0.25) is 4.99 Å². The highest BCUT2D eigenvalue weighted by atomic mass is 14.7. The monoisotopic (exact) mass is 279 g/mol. The third-order valence-corrected chi connectivity index (χ3v) is 5.35. The maximum absolute atomic E-state index is 4.89. The average molecular weight is 280 g/mol. The lowest BCUT2D eigenvalue weighted by Gasteiger charge is -2.34. The predicted octanol–water partition coefficient (Wildman–Crippen LogP) is 5.98. The Kier molecular flexibility index (Phi) is 7.84. The van der Waals surface area contributed by atoms with Crippen molar-refractivity contribution in [2.45, 2.75) is 80.1 Å². The lowest BCUT2D eigenvalue weighted by atomic mass is 9.71. The van der Waals surface area contributed by atoms with Crippen molar-refractivity contribution in [2.75, 3.05) is 6.54 Å². The van der Waals surface area contributed by atoms with Gasteiger partial charge in [-0.25, -0.2) is 0 Å². The van der Waals surface area contributed by atoms with Gasteiger partial charge >= 0.3 is 0 Å². The molecule has 0 saturated heterocycles. The van der Waals surface area contributed by atoms with E-state index in [0.717, 1.165) is 30.2 Å². The summed E-state index contributed by atoms with van der Waals surface area (Å²) >= 11 is 0. The third-order valence-electron chi connectivity index (χ3n) is 5.35. The van der Waals surface area contributed by atoms with Crippen molar-refractivity contribution in [3.05, 3.63) is 0 Å². The number of aliphatic imine (C=N–C) groups is 1. The first-order valence-corrected chi connectivity index (χ1v) is 9.05. The molecule has 0 aromatic heterocycles. The molecule has 3 atom stereocenters. The fourth-order valence-electron chi connectivity index (χ4n) is 4.06. The summed E-state index contributed by atoms with van der Waals surface area (Å²) in [6.45, 7) is 15.0. The fraction of sp³-hybridized carbons (Fsp3) is 0.947. The zero-order valence-corrected chi connectivity index (χ0v) is 14.8. The predicted molar refractivity (Wildman–Crippen MR) is 91.5 cm³/mol. The molecule has 1 nitrogen and oxygen atoms in total. The zero-order chi connectivity index (χ0) is 15.1. The zero-order valence-electron chi connectivity index (χ0n) is 14.8. The highest BCUT2D eigenvalue weighted by Crippen LogP contribution is 2.37. The van der Waals surface area contributed by atoms with E-state index in [-0.39, 0.29) is 0 Å². The van der Waals surface area contributed by atoms with Gasteiger partial charge < -0.3 is 0 Å². The molecule has 1 aliphatic carbocycles. The van der Waals surface area contributed by atoms with E-state index in [9.17, 15) is 0 Å². The lowest BCUT2D eigenvalue weighted by Crippen LogP contribution is -2.30. The van der Waals surface area contributed by atoms with Crippen molar-refractivity contribution < 1.29 is 0 Å². The van der Waals surface area contributed by atoms with Gasteiger partial charge in [-0.15, -0.1) is 0 Å². The van der Waals surface area contributed by atoms with Gasteiger partial charge in [0, 0.05) is 12.3 Å². The minimum absolute atomic E-state index is 0.620. The fourth-order valence-corrected chi connectivity index (χ4v) is 4.06. The van der Waals surface area contributed by atoms with Crippen molar-refractivity contribution >= 4 is 5.71 Å². The quantitative estimate of drug-likeness (QED) is 0.549. The number of hydrogen-bond donors (Lipinski definition) is 0. The molecule has 0 bridgehead atoms. The minimum Gasteiger partial charge on any atom is -0.294 e. The second kappa shape index (κ2) is 8.85. The Hall–Kier alpha value is -0.330. The molecule has 20 heavy (non-hydrogen) atoms. The lowest BCUT2D eigenvalue weighted by molar-refractivity contribution is 0.230. The van der Waals surface area contributed by atoms with Crippen molar-refractivity contribution in [2.24, 2.45) is 34.6 Å². The summed E-state index contributed by atoms with van der Waals surface area (Å²) in [6.07, 6.45) is 8.38. The number of hydrogen-bond acceptors (Lipinski definition) is 1. The molecule has 0 radical (unpaired) electrons. The van der Waals surface area contributed by atoms with Gasteiger partial charge in [-0.1, -0.05) is 53.9 Å². The summed E-state index contributed by atoms with van der Waals surface area (Å²) in [4.78, 5) is 4.89. The normalized spacial score (nSPS) is 29.6. The Morgan fingerprint density at radius 1 is 1.00 bits per heavy atom. The van der Waals surface area contributed by atoms with Crippen LogP contribution in [0.15, 0.2) is 4.99 Å². The van der Waals surface area contributed by atoms with Crippen molar-refractivity contribution in [1.29, 1.82) is 0 Å². The van der Waals surface area contributed by atoms with Gasteiger partial charge in [0.25, 0.3) is 0 Å². The molecule has 1 saturated carbocycles. The highest BCUT2D eigenvalue weighted by Gasteiger charge is 2.29. The standard InChI is InChI=1S/C19H37N/c1-7-16-12-13-17(14(3)4)10-9-11-18(16)19(15(5)6)20-8-2/h14-18H,7-13H2,1-6H3. The molecule has 0 heterocycles. The van der Waals surface area contributed by atoms with Gasteiger partial charge in [0.1, 0.15) is 0 Å². The van der Waals surface area contributed by atoms with Crippen molar-refractivity contribution in [3.8, 4) is 0 Å². The van der Waals surface area contributed by atoms with Crippen molar-refractivity contribution in [1.82, 2.24) is 0 Å². The Bertz CT molecular complexity index is 290. The summed E-state index contributed by atoms with van der Waals surface area (Å²) in [7, 11) is 0. The van der Waals surface area contributed by atoms with E-state index in [1.807, 2.05) is 0 Å². The van der Waals surface area contributed by atoms with Gasteiger partial charge in [0.2, 0.25) is 0 Å². The number of nitrogens with zero attached hydrogens (tertiary/aromatic N) is 1. The Morgan fingerprint density at radius 2 is 1.70 bits per heavy atom. The summed E-state index contributed by atoms with van der Waals surface area (Å²) in [5, 5.41) is 0. The van der Waals surface area contributed by atoms with Crippen LogP contribution >= 0.6 is 0 Å². The van der Waals surface area contributed by atoms with E-state index in [1.165, 1.54) is 44.2 Å². The Morgan fingerprint density at radius 3 is 2.20 bits per heavy atom. The molecule has 1 fully saturated rings. The minimum atomic E-state index is 0.620. The maximum Gasteiger partial charge on any atom is 0.0360 e. The molecule has 0 aromatic carbocycles. The van der Waals surface area contributed by atoms with Crippen LogP contribution in [0.4, 0.5) is 0 Å². The molecule has 118 valence electrons. The molecule has 0 spiro atoms. The average Bonchev–Trinajstić information content (AvgIpc) is 2.36. The first kappa shape index (κ1) is 17.7. The van der Waals surface area contributed by atoms with Gasteiger partial charge in [0.05, 0.1) is 0 Å². The Balaban J connectivity index is 2.82. The molecule has 3 unspecified atom stereocenters. The van der Waals surface area contributed by atoms with Crippen LogP contribution in [-0.2, 0) is 0 Å². The van der Waals surface area contributed by atoms with Crippen LogP contribution < -0.4 is 0 Å². The van der Waals surface area contributed by atoms with Crippen LogP contribution in [0.5, 0.6) is 0 Å². The molecular formula is C19H37N. The molecule has 0 aromatic rings. The van der Waals surface area contributed by atoms with Crippen LogP contribution in [0.1, 0.15) is 80.1 Å². The van der Waals surface area contributed by atoms with E-state index in [2.05, 4.69) is 41.5 Å². The largest absolute Gasteiger partial charge is 0.294 e. The van der Waals surface area contributed by atoms with Crippen LogP contribution in [0.25, 0.3) is 0 Å². The summed E-state index contributed by atoms with van der Waals surface area (Å²) in [5.41, 5.74) is 1.52. The molecule has 0 amide bonds. The molecular weight excluding hydrogens is 242 g/mol. The highest BCUT2D eigenvalue weighted by molar-refractivity contribution is 5.88. The molecule has 1 rings (SSSR count). The molecule has 1 heteroatoms. The summed E-state index contributed by atoms with van der Waals surface area (Å²) in [5.74, 6) is 4.06. The first-order valence-electron chi connectivity index (χ1n) is 9.05. The first-order chi connectivity index (χ1) is 9.51. The smallest absolute Gasteiger partial charge is 0.0360 e. The summed E-state index contributed by atoms with van der Waals surface area (Å²) in [6, 6.07) is 0. The van der Waals surface area contributed by atoms with E-state index in [4.69, 9.17) is 4.99 Å². The van der Waals surface area contributed by atoms with E-state index < -0.39 is 0 Å². The topological polar surface area (TPSA) is 12.4 Å². The van der Waals surface area contributed by atoms with E-state index >= 15 is 0 Å². The Labute approximate surface area is 127 Å². The van der Waals surface area contributed by atoms with Crippen LogP contribution in [0.3, 0.4) is 0 Å². The van der Waals surface area contributed by atoms with Gasteiger partial charge in [-0.2, -0.15) is 0 Å². The second-order valence-electron chi connectivity index (χ2n) is 7.34. The van der Waals surface area contributed by atoms with Crippen LogP contribution in [0, 0.1) is 29.6 Å². The summed E-state index contributed by atoms with van der Waals surface area (Å²) < 4.78 is 0. The van der Waals surface area contributed by atoms with Crippen molar-refractivity contribution in [3.63, 3.8) is 0 Å². The molecule has 0 aliphatic heterocycles. The molecule has 1 aliphatic rings. The number of rotatable bonds is 5. The maximum atomic E-state index is 4.89. The SMILES string of the molecule is CCN=C(C(C)C)C1CCCC(C(C)C)CCC1CC. The van der Waals surface area contributed by atoms with Crippen LogP contribution in [-0.4, -0.2) is 12.3 Å². The third kappa shape index (κ3) is 4.90. The van der Waals surface area contributed by atoms with E-state index in [0.29, 0.717) is 5.92 Å². The van der Waals surface area contributed by atoms with Gasteiger partial charge in [0.15, 0.2) is 0 Å². The van der Waals surface area contributed by atoms with Gasteiger partial charge in [-0.05, 0) is 55.8 Å².